The molecule has 0 atom stereocenters. The fourth-order valence-corrected chi connectivity index (χ4v) is 0.791. The number of carboxylic acids is 2. The second kappa shape index (κ2) is 28.2. The number of aliphatic hydroxyl groups is 2. The van der Waals surface area contributed by atoms with Crippen LogP contribution in [0.5, 0.6) is 0 Å². The van der Waals surface area contributed by atoms with Gasteiger partial charge in [0.2, 0.25) is 0 Å². The number of aliphatic carboxylic acids is 2. The second-order valence-electron chi connectivity index (χ2n) is 3.31. The zero-order valence-electron chi connectivity index (χ0n) is 11.7. The molecule has 0 aliphatic carbocycles. The number of carbonyl (C=O) groups is 2. The van der Waals surface area contributed by atoms with Gasteiger partial charge in [-0.15, -0.1) is 0 Å². The zero-order valence-corrected chi connectivity index (χ0v) is 15.4. The Hall–Kier alpha value is 0.0483. The monoisotopic (exact) mass is 533 g/mol. The third-order valence-electron chi connectivity index (χ3n) is 1.62. The molecule has 0 fully saturated rings. The first-order chi connectivity index (χ1) is 8.81. The van der Waals surface area contributed by atoms with Gasteiger partial charge >= 0.3 is 47.3 Å². The number of rotatable bonds is 7. The van der Waals surface area contributed by atoms with Gasteiger partial charge in [-0.25, -0.2) is 0 Å². The summed E-state index contributed by atoms with van der Waals surface area (Å²) in [6.45, 7) is 2.09. The van der Waals surface area contributed by atoms with Crippen molar-refractivity contribution in [2.24, 2.45) is 0 Å². The Labute approximate surface area is 141 Å². The van der Waals surface area contributed by atoms with Crippen LogP contribution in [0, 0.1) is 0 Å². The minimum atomic E-state index is -1.10. The van der Waals surface area contributed by atoms with E-state index in [-0.39, 0.29) is 25.1 Å². The third kappa shape index (κ3) is 64.7. The molecule has 0 saturated carbocycles. The first-order valence-electron chi connectivity index (χ1n) is 5.43. The van der Waals surface area contributed by atoms with Gasteiger partial charge in [-0.1, -0.05) is 19.8 Å². The van der Waals surface area contributed by atoms with Gasteiger partial charge < -0.3 is 32.7 Å². The van der Waals surface area contributed by atoms with Crippen LogP contribution in [0.15, 0.2) is 0 Å². The smallest absolute Gasteiger partial charge is 0.693 e. The molecule has 0 spiro atoms. The quantitative estimate of drug-likeness (QED) is 0.286. The summed E-state index contributed by atoms with van der Waals surface area (Å²) < 4.78 is 0. The average Bonchev–Trinajstić information content (AvgIpc) is 2.28. The first kappa shape index (κ1) is 32.8. The van der Waals surface area contributed by atoms with E-state index in [0.717, 1.165) is 19.3 Å². The van der Waals surface area contributed by atoms with E-state index in [4.69, 9.17) is 39.3 Å². The fraction of sp³-hybridized carbons (Fsp3) is 0.800. The van der Waals surface area contributed by atoms with Crippen molar-refractivity contribution < 1.29 is 46.5 Å². The van der Waals surface area contributed by atoms with Gasteiger partial charge in [0.1, 0.15) is 0 Å². The number of halogens is 2. The molecular formula is C10H24Cl2N2O6Pt. The average molecular weight is 534 g/mol. The van der Waals surface area contributed by atoms with Crippen LogP contribution in [0.1, 0.15) is 45.4 Å². The van der Waals surface area contributed by atoms with Crippen molar-refractivity contribution in [2.75, 3.05) is 0 Å². The van der Waals surface area contributed by atoms with Crippen LogP contribution in [0.4, 0.5) is 0 Å². The summed E-state index contributed by atoms with van der Waals surface area (Å²) in [7, 11) is 9.75. The van der Waals surface area contributed by atoms with Crippen LogP contribution in [0.25, 0.3) is 12.3 Å². The summed E-state index contributed by atoms with van der Waals surface area (Å²) in [5, 5.41) is 32.5. The molecule has 0 aromatic carbocycles. The van der Waals surface area contributed by atoms with Crippen molar-refractivity contribution in [3.05, 3.63) is 12.3 Å². The summed E-state index contributed by atoms with van der Waals surface area (Å²) in [5.41, 5.74) is 0. The molecule has 0 amide bonds. The molecule has 0 aromatic rings. The molecular weight excluding hydrogens is 510 g/mol. The van der Waals surface area contributed by atoms with Gasteiger partial charge in [-0.2, -0.15) is 0 Å². The molecule has 0 unspecified atom stereocenters. The Morgan fingerprint density at radius 1 is 1.00 bits per heavy atom. The van der Waals surface area contributed by atoms with Crippen LogP contribution in [0.2, 0.25) is 0 Å². The summed E-state index contributed by atoms with van der Waals surface area (Å²) in [4.78, 5) is 19.3. The zero-order chi connectivity index (χ0) is 15.7. The molecule has 11 heteroatoms. The minimum absolute atomic E-state index is 0. The maximum Gasteiger partial charge on any atom is -0.693 e. The maximum atomic E-state index is 9.64. The van der Waals surface area contributed by atoms with Crippen LogP contribution in [-0.2, 0) is 26.1 Å². The standard InChI is InChI=1S/C6H14O2.C4H6O4.2ClH.2H2N.Pt/c1-2-3-4-5-6(7)8;5-3(6)1-2-4(7)8;;;;;/h6-8H,2-5H2,1H3;1-2H2,(H,5,6)(H,7,8);2*1H;2*1H2;/q;;;;2*-1;+4/p-2. The van der Waals surface area contributed by atoms with Crippen molar-refractivity contribution in [3.8, 4) is 0 Å². The Kier molecular flexibility index (Phi) is 44.2. The Balaban J connectivity index is -0.0000000634. The van der Waals surface area contributed by atoms with E-state index in [1.165, 1.54) is 0 Å². The molecule has 134 valence electrons. The predicted molar refractivity (Wildman–Crippen MR) is 79.1 cm³/mol. The number of nitrogens with two attached hydrogens (primary N) is 2. The maximum absolute atomic E-state index is 9.64. The van der Waals surface area contributed by atoms with Crippen molar-refractivity contribution in [1.29, 1.82) is 0 Å². The largest absolute Gasteiger partial charge is 0.693 e. The molecule has 8 nitrogen and oxygen atoms in total. The summed E-state index contributed by atoms with van der Waals surface area (Å²) >= 11 is -0.472. The number of unbranched alkanes of at least 4 members (excludes halogenated alkanes) is 2. The Morgan fingerprint density at radius 3 is 1.52 bits per heavy atom. The minimum Gasteiger partial charge on any atom is -0.693 e. The normalized spacial score (nSPS) is 8.29. The van der Waals surface area contributed by atoms with E-state index in [2.05, 4.69) is 6.92 Å². The molecule has 0 bridgehead atoms. The Bertz CT molecular complexity index is 212. The van der Waals surface area contributed by atoms with Crippen molar-refractivity contribution in [2.45, 2.75) is 51.7 Å². The van der Waals surface area contributed by atoms with E-state index in [1.54, 1.807) is 0 Å². The van der Waals surface area contributed by atoms with Crippen molar-refractivity contribution >= 4 is 30.8 Å². The molecule has 0 aromatic heterocycles. The van der Waals surface area contributed by atoms with E-state index in [9.17, 15) is 9.59 Å². The predicted octanol–water partition coefficient (Wildman–Crippen LogP) is 3.62. The molecule has 0 aliphatic rings. The van der Waals surface area contributed by atoms with Gasteiger partial charge in [0.15, 0.2) is 6.29 Å². The number of carboxylic acid groups (broad SMARTS) is 2. The molecule has 8 N–H and O–H groups in total. The number of hydrogen-bond acceptors (Lipinski definition) is 4. The summed E-state index contributed by atoms with van der Waals surface area (Å²) in [5.74, 6) is -2.15. The van der Waals surface area contributed by atoms with E-state index in [0.29, 0.717) is 6.42 Å². The summed E-state index contributed by atoms with van der Waals surface area (Å²) in [6, 6.07) is 0. The van der Waals surface area contributed by atoms with Crippen LogP contribution in [-0.4, -0.2) is 38.7 Å². The topological polar surface area (TPSA) is 182 Å². The molecule has 0 rings (SSSR count). The Morgan fingerprint density at radius 2 is 1.33 bits per heavy atom. The third-order valence-corrected chi connectivity index (χ3v) is 1.62. The van der Waals surface area contributed by atoms with E-state index in [1.807, 2.05) is 0 Å². The summed E-state index contributed by atoms with van der Waals surface area (Å²) in [6.07, 6.45) is 1.98. The molecule has 0 aliphatic heterocycles. The van der Waals surface area contributed by atoms with Gasteiger partial charge in [-0.05, 0) is 12.8 Å². The van der Waals surface area contributed by atoms with E-state index >= 15 is 0 Å². The first-order valence-corrected chi connectivity index (χ1v) is 11.1. The fourth-order valence-electron chi connectivity index (χ4n) is 0.791. The SMILES string of the molecule is CCCCCC(O)O.O=C(O)CCC(=O)O.[Cl][Pt+2][Cl].[NH2-].[NH2-]. The number of hydrogen-bond donors (Lipinski definition) is 4. The molecule has 0 heterocycles. The van der Waals surface area contributed by atoms with E-state index < -0.39 is 34.7 Å². The molecule has 0 radical (unpaired) electrons. The van der Waals surface area contributed by atoms with Gasteiger partial charge in [0.05, 0.1) is 12.8 Å². The number of aliphatic hydroxyl groups excluding tert-OH is 1. The van der Waals surface area contributed by atoms with Crippen molar-refractivity contribution in [3.63, 3.8) is 0 Å². The van der Waals surface area contributed by atoms with Gasteiger partial charge in [-0.3, -0.25) is 9.59 Å². The van der Waals surface area contributed by atoms with Crippen molar-refractivity contribution in [1.82, 2.24) is 0 Å². The van der Waals surface area contributed by atoms with Gasteiger partial charge in [0, 0.05) is 0 Å². The molecule has 21 heavy (non-hydrogen) atoms. The van der Waals surface area contributed by atoms with Crippen LogP contribution in [0.3, 0.4) is 0 Å². The second-order valence-corrected chi connectivity index (χ2v) is 6.59. The van der Waals surface area contributed by atoms with Crippen LogP contribution >= 0.6 is 18.8 Å². The van der Waals surface area contributed by atoms with Gasteiger partial charge in [0.25, 0.3) is 0 Å². The molecule has 0 saturated heterocycles. The van der Waals surface area contributed by atoms with Crippen LogP contribution < -0.4 is 0 Å².